The predicted molar refractivity (Wildman–Crippen MR) is 96.3 cm³/mol. The van der Waals surface area contributed by atoms with Crippen LogP contribution in [0.2, 0.25) is 0 Å². The van der Waals surface area contributed by atoms with Crippen LogP contribution in [0.25, 0.3) is 0 Å². The second-order valence-corrected chi connectivity index (χ2v) is 7.64. The smallest absolute Gasteiger partial charge is 0.0835 e. The molecule has 0 amide bonds. The lowest BCUT2D eigenvalue weighted by molar-refractivity contribution is 0.506. The summed E-state index contributed by atoms with van der Waals surface area (Å²) < 4.78 is 1.08. The maximum Gasteiger partial charge on any atom is 0.0835 e. The molecule has 1 unspecified atom stereocenters. The molecule has 2 heteroatoms. The first-order valence-corrected chi connectivity index (χ1v) is 8.58. The lowest BCUT2D eigenvalue weighted by Gasteiger charge is -2.24. The van der Waals surface area contributed by atoms with Gasteiger partial charge in [0.1, 0.15) is 0 Å². The average molecular weight is 366 g/mol. The van der Waals surface area contributed by atoms with Gasteiger partial charge in [-0.2, -0.15) is 0 Å². The first-order chi connectivity index (χ1) is 9.83. The summed E-state index contributed by atoms with van der Waals surface area (Å²) in [6, 6.07) is 15.1. The van der Waals surface area contributed by atoms with Gasteiger partial charge in [0.2, 0.25) is 0 Å². The third-order valence-corrected chi connectivity index (χ3v) is 5.19. The Labute approximate surface area is 141 Å². The van der Waals surface area contributed by atoms with Crippen molar-refractivity contribution in [3.8, 4) is 0 Å². The van der Waals surface area contributed by atoms with Crippen molar-refractivity contribution in [2.24, 2.45) is 0 Å². The summed E-state index contributed by atoms with van der Waals surface area (Å²) in [5.41, 5.74) is 5.07. The third kappa shape index (κ3) is 3.90. The van der Waals surface area contributed by atoms with E-state index in [4.69, 9.17) is 11.6 Å². The molecule has 0 saturated heterocycles. The van der Waals surface area contributed by atoms with E-state index in [0.717, 1.165) is 22.0 Å². The molecule has 0 aliphatic rings. The van der Waals surface area contributed by atoms with Crippen LogP contribution in [0, 0.1) is 6.92 Å². The van der Waals surface area contributed by atoms with E-state index in [1.54, 1.807) is 0 Å². The number of hydrogen-bond donors (Lipinski definition) is 0. The van der Waals surface area contributed by atoms with Crippen molar-refractivity contribution >= 4 is 27.5 Å². The lowest BCUT2D eigenvalue weighted by Crippen LogP contribution is -2.15. The van der Waals surface area contributed by atoms with E-state index in [2.05, 4.69) is 86.1 Å². The molecule has 2 aromatic carbocycles. The van der Waals surface area contributed by atoms with Crippen molar-refractivity contribution in [2.45, 2.75) is 44.9 Å². The number of hydrogen-bond acceptors (Lipinski definition) is 0. The van der Waals surface area contributed by atoms with Gasteiger partial charge in [0.15, 0.2) is 0 Å². The van der Waals surface area contributed by atoms with E-state index in [9.17, 15) is 0 Å². The summed E-state index contributed by atoms with van der Waals surface area (Å²) in [5.74, 6) is 0. The molecule has 0 fully saturated rings. The zero-order valence-corrected chi connectivity index (χ0v) is 15.4. The Kier molecular flexibility index (Phi) is 5.16. The molecule has 112 valence electrons. The van der Waals surface area contributed by atoms with Crippen LogP contribution in [0.15, 0.2) is 46.9 Å². The molecule has 0 N–H and O–H groups in total. The molecule has 0 saturated carbocycles. The molecule has 1 atom stereocenters. The van der Waals surface area contributed by atoms with Crippen LogP contribution < -0.4 is 0 Å². The van der Waals surface area contributed by atoms with Gasteiger partial charge in [0, 0.05) is 4.47 Å². The van der Waals surface area contributed by atoms with Crippen LogP contribution in [0.4, 0.5) is 0 Å². The van der Waals surface area contributed by atoms with Crippen LogP contribution in [-0.2, 0) is 5.41 Å². The number of benzene rings is 2. The molecule has 0 bridgehead atoms. The second kappa shape index (κ2) is 6.54. The van der Waals surface area contributed by atoms with Crippen molar-refractivity contribution in [1.29, 1.82) is 0 Å². The van der Waals surface area contributed by atoms with Gasteiger partial charge >= 0.3 is 0 Å². The van der Waals surface area contributed by atoms with Gasteiger partial charge in [-0.3, -0.25) is 0 Å². The number of aryl methyl sites for hydroxylation is 1. The highest BCUT2D eigenvalue weighted by atomic mass is 79.9. The predicted octanol–water partition coefficient (Wildman–Crippen LogP) is 6.77. The average Bonchev–Trinajstić information content (AvgIpc) is 2.45. The fraction of sp³-hybridized carbons (Fsp3) is 0.368. The minimum atomic E-state index is -0.111. The van der Waals surface area contributed by atoms with Gasteiger partial charge in [-0.1, -0.05) is 67.0 Å². The summed E-state index contributed by atoms with van der Waals surface area (Å²) in [6.45, 7) is 8.86. The second-order valence-electron chi connectivity index (χ2n) is 6.28. The Bertz CT molecular complexity index is 594. The molecule has 0 radical (unpaired) electrons. The summed E-state index contributed by atoms with van der Waals surface area (Å²) in [6.07, 6.45) is 1.13. The largest absolute Gasteiger partial charge is 0.113 e. The first-order valence-electron chi connectivity index (χ1n) is 7.35. The molecule has 0 aliphatic carbocycles. The highest BCUT2D eigenvalue weighted by molar-refractivity contribution is 9.10. The van der Waals surface area contributed by atoms with E-state index in [1.807, 2.05) is 0 Å². The maximum atomic E-state index is 6.66. The molecular formula is C19H22BrCl. The molecular weight excluding hydrogens is 344 g/mol. The van der Waals surface area contributed by atoms with Gasteiger partial charge in [-0.15, -0.1) is 11.6 Å². The summed E-state index contributed by atoms with van der Waals surface area (Å²) in [7, 11) is 0. The minimum Gasteiger partial charge on any atom is -0.113 e. The highest BCUT2D eigenvalue weighted by Gasteiger charge is 2.19. The zero-order valence-electron chi connectivity index (χ0n) is 13.1. The molecule has 2 rings (SSSR count). The van der Waals surface area contributed by atoms with Crippen molar-refractivity contribution in [1.82, 2.24) is 0 Å². The van der Waals surface area contributed by atoms with Crippen LogP contribution in [0.3, 0.4) is 0 Å². The molecule has 0 aromatic heterocycles. The molecule has 0 nitrogen and oxygen atoms in total. The first kappa shape index (κ1) is 16.6. The Morgan fingerprint density at radius 1 is 1.05 bits per heavy atom. The summed E-state index contributed by atoms with van der Waals surface area (Å²) in [5, 5.41) is -0.111. The number of alkyl halides is 1. The van der Waals surface area contributed by atoms with E-state index in [-0.39, 0.29) is 10.8 Å². The molecule has 2 aromatic rings. The van der Waals surface area contributed by atoms with E-state index < -0.39 is 0 Å². The summed E-state index contributed by atoms with van der Waals surface area (Å²) in [4.78, 5) is 0. The topological polar surface area (TPSA) is 0 Å². The fourth-order valence-corrected chi connectivity index (χ4v) is 3.31. The lowest BCUT2D eigenvalue weighted by atomic mass is 9.82. The van der Waals surface area contributed by atoms with E-state index >= 15 is 0 Å². The Hall–Kier alpha value is -0.790. The molecule has 0 aliphatic heterocycles. The normalized spacial score (nSPS) is 13.2. The fourth-order valence-electron chi connectivity index (χ4n) is 2.41. The van der Waals surface area contributed by atoms with Crippen molar-refractivity contribution in [3.63, 3.8) is 0 Å². The van der Waals surface area contributed by atoms with Gasteiger partial charge < -0.3 is 0 Å². The van der Waals surface area contributed by atoms with Crippen molar-refractivity contribution < 1.29 is 0 Å². The highest BCUT2D eigenvalue weighted by Crippen LogP contribution is 2.33. The Morgan fingerprint density at radius 3 is 2.19 bits per heavy atom. The van der Waals surface area contributed by atoms with Crippen LogP contribution >= 0.6 is 27.5 Å². The Morgan fingerprint density at radius 2 is 1.67 bits per heavy atom. The van der Waals surface area contributed by atoms with E-state index in [1.165, 1.54) is 11.1 Å². The number of halogens is 2. The van der Waals surface area contributed by atoms with Crippen LogP contribution in [-0.4, -0.2) is 0 Å². The quantitative estimate of drug-likeness (QED) is 0.524. The van der Waals surface area contributed by atoms with Gasteiger partial charge in [-0.05, 0) is 53.1 Å². The molecule has 21 heavy (non-hydrogen) atoms. The standard InChI is InChI=1S/C19H22BrCl/c1-5-19(3,4)16-8-6-14(7-9-16)18(21)15-10-13(2)11-17(20)12-15/h6-12,18H,5H2,1-4H3. The van der Waals surface area contributed by atoms with Crippen molar-refractivity contribution in [3.05, 3.63) is 69.2 Å². The molecule has 0 spiro atoms. The summed E-state index contributed by atoms with van der Waals surface area (Å²) >= 11 is 10.2. The van der Waals surface area contributed by atoms with Gasteiger partial charge in [0.05, 0.1) is 5.38 Å². The third-order valence-electron chi connectivity index (χ3n) is 4.23. The maximum absolute atomic E-state index is 6.66. The SMILES string of the molecule is CCC(C)(C)c1ccc(C(Cl)c2cc(C)cc(Br)c2)cc1. The van der Waals surface area contributed by atoms with Crippen LogP contribution in [0.5, 0.6) is 0 Å². The monoisotopic (exact) mass is 364 g/mol. The van der Waals surface area contributed by atoms with E-state index in [0.29, 0.717) is 0 Å². The van der Waals surface area contributed by atoms with Gasteiger partial charge in [-0.25, -0.2) is 0 Å². The zero-order chi connectivity index (χ0) is 15.6. The van der Waals surface area contributed by atoms with Crippen molar-refractivity contribution in [2.75, 3.05) is 0 Å². The number of rotatable bonds is 4. The minimum absolute atomic E-state index is 0.111. The molecule has 0 heterocycles. The van der Waals surface area contributed by atoms with Gasteiger partial charge in [0.25, 0.3) is 0 Å². The Balaban J connectivity index is 2.30. The van der Waals surface area contributed by atoms with Crippen LogP contribution in [0.1, 0.15) is 54.8 Å².